The van der Waals surface area contributed by atoms with Crippen LogP contribution in [0.4, 0.5) is 17.5 Å². The molecule has 0 bridgehead atoms. The summed E-state index contributed by atoms with van der Waals surface area (Å²) in [5.41, 5.74) is 4.28. The van der Waals surface area contributed by atoms with Crippen molar-refractivity contribution in [2.24, 2.45) is 0 Å². The molecule has 2 aliphatic heterocycles. The fourth-order valence-corrected chi connectivity index (χ4v) is 5.08. The van der Waals surface area contributed by atoms with E-state index >= 15 is 0 Å². The lowest BCUT2D eigenvalue weighted by atomic mass is 10.0. The van der Waals surface area contributed by atoms with Crippen molar-refractivity contribution < 1.29 is 9.53 Å². The molecular formula is C25H29N11O2. The number of aromatic amines is 1. The molecule has 4 aromatic rings. The van der Waals surface area contributed by atoms with Crippen molar-refractivity contribution in [2.75, 3.05) is 41.9 Å². The van der Waals surface area contributed by atoms with Crippen LogP contribution < -0.4 is 15.1 Å². The number of carbonyl (C=O) groups is 1. The molecule has 3 aromatic heterocycles. The number of nitrogens with zero attached hydrogens (tertiary/aromatic N) is 9. The van der Waals surface area contributed by atoms with Crippen LogP contribution in [0.3, 0.4) is 0 Å². The minimum atomic E-state index is -0.309. The molecule has 1 saturated heterocycles. The van der Waals surface area contributed by atoms with Gasteiger partial charge in [-0.2, -0.15) is 5.10 Å². The van der Waals surface area contributed by atoms with E-state index in [1.165, 1.54) is 0 Å². The number of H-pyrrole nitrogens is 1. The van der Waals surface area contributed by atoms with E-state index in [0.717, 1.165) is 41.9 Å². The average Bonchev–Trinajstić information content (AvgIpc) is 3.60. The molecule has 0 radical (unpaired) electrons. The van der Waals surface area contributed by atoms with E-state index in [9.17, 15) is 4.79 Å². The third-order valence-electron chi connectivity index (χ3n) is 7.33. The molecule has 13 heteroatoms. The second-order valence-electron chi connectivity index (χ2n) is 9.55. The lowest BCUT2D eigenvalue weighted by molar-refractivity contribution is -0.113. The third kappa shape index (κ3) is 4.04. The zero-order valence-corrected chi connectivity index (χ0v) is 21.7. The molecule has 0 saturated carbocycles. The number of benzene rings is 1. The molecule has 2 atom stereocenters. The Morgan fingerprint density at radius 2 is 2.13 bits per heavy atom. The van der Waals surface area contributed by atoms with Crippen LogP contribution in [0.15, 0.2) is 41.9 Å². The first-order valence-electron chi connectivity index (χ1n) is 12.7. The van der Waals surface area contributed by atoms with Crippen molar-refractivity contribution in [1.82, 2.24) is 40.4 Å². The molecule has 2 N–H and O–H groups in total. The first kappa shape index (κ1) is 24.0. The molecule has 1 aromatic carbocycles. The van der Waals surface area contributed by atoms with Crippen molar-refractivity contribution in [3.8, 4) is 11.4 Å². The molecule has 6 rings (SSSR count). The molecular weight excluding hydrogens is 486 g/mol. The quantitative estimate of drug-likeness (QED) is 0.407. The second-order valence-corrected chi connectivity index (χ2v) is 9.55. The van der Waals surface area contributed by atoms with Crippen molar-refractivity contribution in [3.63, 3.8) is 0 Å². The van der Waals surface area contributed by atoms with E-state index in [1.54, 1.807) is 11.0 Å². The van der Waals surface area contributed by atoms with Crippen LogP contribution in [-0.2, 0) is 9.53 Å². The highest BCUT2D eigenvalue weighted by molar-refractivity contribution is 6.07. The Morgan fingerprint density at radius 3 is 2.97 bits per heavy atom. The third-order valence-corrected chi connectivity index (χ3v) is 7.33. The van der Waals surface area contributed by atoms with Crippen LogP contribution in [0.25, 0.3) is 22.3 Å². The smallest absolute Gasteiger partial charge is 0.255 e. The topological polar surface area (TPSA) is 143 Å². The van der Waals surface area contributed by atoms with E-state index in [-0.39, 0.29) is 18.1 Å². The first-order valence-corrected chi connectivity index (χ1v) is 12.7. The van der Waals surface area contributed by atoms with E-state index in [0.29, 0.717) is 35.2 Å². The fraction of sp³-hybridized carbons (Fsp3) is 0.400. The van der Waals surface area contributed by atoms with Gasteiger partial charge in [-0.25, -0.2) is 14.6 Å². The molecule has 0 spiro atoms. The van der Waals surface area contributed by atoms with Crippen LogP contribution in [0.1, 0.15) is 33.2 Å². The normalized spacial score (nSPS) is 19.7. The standard InChI is InChI=1S/C25H29N11O2/c1-5-17-12-35(8-9-38-17)21-11-20(26-13-27-21)23-18-10-16(6-7-19(18)29-30-23)28-24(37)22-14(2)34(4)25-31-32-33-36(25)15(22)3/h6-7,10-11,13,15,17H,5,8-9,12H2,1-4H3,(H,28,37)(H,29,30)/t15-,17-/m0/s1. The van der Waals surface area contributed by atoms with Gasteiger partial charge in [0.2, 0.25) is 5.95 Å². The maximum absolute atomic E-state index is 13.4. The number of rotatable bonds is 5. The van der Waals surface area contributed by atoms with Gasteiger partial charge in [0.15, 0.2) is 0 Å². The monoisotopic (exact) mass is 515 g/mol. The average molecular weight is 516 g/mol. The second kappa shape index (κ2) is 9.49. The summed E-state index contributed by atoms with van der Waals surface area (Å²) in [6, 6.07) is 7.30. The van der Waals surface area contributed by atoms with Crippen LogP contribution >= 0.6 is 0 Å². The summed E-state index contributed by atoms with van der Waals surface area (Å²) in [6.07, 6.45) is 2.71. The van der Waals surface area contributed by atoms with Crippen LogP contribution in [0, 0.1) is 0 Å². The van der Waals surface area contributed by atoms with Gasteiger partial charge in [-0.05, 0) is 48.9 Å². The number of anilines is 3. The number of nitrogens with one attached hydrogen (secondary N) is 2. The maximum Gasteiger partial charge on any atom is 0.255 e. The zero-order valence-electron chi connectivity index (χ0n) is 21.7. The lowest BCUT2D eigenvalue weighted by Crippen LogP contribution is -2.42. The summed E-state index contributed by atoms with van der Waals surface area (Å²) in [5, 5.41) is 23.4. The van der Waals surface area contributed by atoms with Gasteiger partial charge in [-0.3, -0.25) is 9.89 Å². The molecule has 1 amide bonds. The Bertz CT molecular complexity index is 1540. The van der Waals surface area contributed by atoms with Crippen molar-refractivity contribution in [2.45, 2.75) is 39.3 Å². The number of hydrogen-bond donors (Lipinski definition) is 2. The number of ether oxygens (including phenoxy) is 1. The summed E-state index contributed by atoms with van der Waals surface area (Å²) < 4.78 is 7.45. The van der Waals surface area contributed by atoms with Crippen LogP contribution in [0.5, 0.6) is 0 Å². The predicted octanol–water partition coefficient (Wildman–Crippen LogP) is 2.55. The number of aromatic nitrogens is 8. The Morgan fingerprint density at radius 1 is 1.26 bits per heavy atom. The van der Waals surface area contributed by atoms with Gasteiger partial charge < -0.3 is 19.9 Å². The number of morpholine rings is 1. The summed E-state index contributed by atoms with van der Waals surface area (Å²) >= 11 is 0. The number of tetrazole rings is 1. The zero-order chi connectivity index (χ0) is 26.4. The van der Waals surface area contributed by atoms with Gasteiger partial charge in [0.25, 0.3) is 5.91 Å². The van der Waals surface area contributed by atoms with Gasteiger partial charge >= 0.3 is 0 Å². The Kier molecular flexibility index (Phi) is 5.98. The molecule has 0 aliphatic carbocycles. The number of carbonyl (C=O) groups excluding carboxylic acids is 1. The predicted molar refractivity (Wildman–Crippen MR) is 142 cm³/mol. The molecule has 2 aliphatic rings. The SMILES string of the molecule is CC[C@H]1CN(c2cc(-c3n[nH]c4ccc(NC(=O)C5=C(C)N(C)c6nnnn6[C@H]5C)cc34)ncn2)CCO1. The molecule has 196 valence electrons. The number of hydrogen-bond acceptors (Lipinski definition) is 10. The van der Waals surface area contributed by atoms with E-state index in [2.05, 4.69) is 52.8 Å². The van der Waals surface area contributed by atoms with Crippen molar-refractivity contribution >= 4 is 34.3 Å². The van der Waals surface area contributed by atoms with Gasteiger partial charge in [0.1, 0.15) is 17.8 Å². The highest BCUT2D eigenvalue weighted by atomic mass is 16.5. The van der Waals surface area contributed by atoms with Gasteiger partial charge in [-0.1, -0.05) is 12.0 Å². The van der Waals surface area contributed by atoms with Crippen LogP contribution in [0.2, 0.25) is 0 Å². The summed E-state index contributed by atoms with van der Waals surface area (Å²) in [4.78, 5) is 26.5. The molecule has 38 heavy (non-hydrogen) atoms. The number of allylic oxidation sites excluding steroid dienone is 1. The highest BCUT2D eigenvalue weighted by Crippen LogP contribution is 2.33. The van der Waals surface area contributed by atoms with E-state index < -0.39 is 0 Å². The molecule has 1 fully saturated rings. The van der Waals surface area contributed by atoms with E-state index in [4.69, 9.17) is 4.74 Å². The number of amides is 1. The molecule has 0 unspecified atom stereocenters. The highest BCUT2D eigenvalue weighted by Gasteiger charge is 2.32. The van der Waals surface area contributed by atoms with Crippen molar-refractivity contribution in [3.05, 3.63) is 41.9 Å². The number of fused-ring (bicyclic) bond motifs is 2. The lowest BCUT2D eigenvalue weighted by Gasteiger charge is -2.33. The maximum atomic E-state index is 13.4. The largest absolute Gasteiger partial charge is 0.375 e. The van der Waals surface area contributed by atoms with Gasteiger partial charge in [0.05, 0.1) is 35.5 Å². The molecule has 13 nitrogen and oxygen atoms in total. The van der Waals surface area contributed by atoms with E-state index in [1.807, 2.05) is 50.1 Å². The Labute approximate surface area is 218 Å². The Hall–Kier alpha value is -4.39. The van der Waals surface area contributed by atoms with Gasteiger partial charge in [-0.15, -0.1) is 0 Å². The first-order chi connectivity index (χ1) is 18.4. The summed E-state index contributed by atoms with van der Waals surface area (Å²) in [7, 11) is 1.84. The Balaban J connectivity index is 1.28. The van der Waals surface area contributed by atoms with Crippen LogP contribution in [-0.4, -0.2) is 79.1 Å². The van der Waals surface area contributed by atoms with Crippen molar-refractivity contribution in [1.29, 1.82) is 0 Å². The van der Waals surface area contributed by atoms with Gasteiger partial charge in [0, 0.05) is 43.0 Å². The minimum Gasteiger partial charge on any atom is -0.375 e. The minimum absolute atomic E-state index is 0.192. The molecule has 5 heterocycles. The fourth-order valence-electron chi connectivity index (χ4n) is 5.08. The summed E-state index contributed by atoms with van der Waals surface area (Å²) in [5.74, 6) is 1.23. The summed E-state index contributed by atoms with van der Waals surface area (Å²) in [6.45, 7) is 8.17.